The van der Waals surface area contributed by atoms with Gasteiger partial charge in [-0.25, -0.2) is 14.8 Å². The number of hydrogen-bond donors (Lipinski definition) is 2. The van der Waals surface area contributed by atoms with Gasteiger partial charge in [0.2, 0.25) is 5.95 Å². The number of thioether (sulfide) groups is 1. The monoisotopic (exact) mass is 332 g/mol. The summed E-state index contributed by atoms with van der Waals surface area (Å²) in [6, 6.07) is 8.82. The third-order valence-corrected chi connectivity index (χ3v) is 4.67. The van der Waals surface area contributed by atoms with Gasteiger partial charge in [0.25, 0.3) is 0 Å². The number of rotatable bonds is 3. The van der Waals surface area contributed by atoms with E-state index in [2.05, 4.69) is 9.97 Å². The molecule has 0 saturated carbocycles. The second-order valence-electron chi connectivity index (χ2n) is 4.32. The van der Waals surface area contributed by atoms with Gasteiger partial charge in [-0.15, -0.1) is 23.1 Å². The molecule has 0 amide bonds. The van der Waals surface area contributed by atoms with Gasteiger partial charge in [0.05, 0.1) is 11.1 Å². The average molecular weight is 332 g/mol. The fourth-order valence-corrected chi connectivity index (χ4v) is 3.59. The lowest BCUT2D eigenvalue weighted by molar-refractivity contribution is 0.0741. The minimum atomic E-state index is -0.516. The third kappa shape index (κ3) is 2.58. The molecule has 0 radical (unpaired) electrons. The third-order valence-electron chi connectivity index (χ3n) is 2.91. The highest BCUT2D eigenvalue weighted by Crippen LogP contribution is 2.38. The Balaban J connectivity index is 2.04. The van der Waals surface area contributed by atoms with Gasteiger partial charge in [-0.1, -0.05) is 18.2 Å². The molecule has 2 aromatic heterocycles. The summed E-state index contributed by atoms with van der Waals surface area (Å²) < 4.78 is 5.32. The number of nitrogens with zero attached hydrogens (tertiary/aromatic N) is 2. The molecule has 0 spiro atoms. The van der Waals surface area contributed by atoms with Crippen LogP contribution in [0.25, 0.3) is 10.2 Å². The van der Waals surface area contributed by atoms with E-state index in [1.807, 2.05) is 12.3 Å². The van der Waals surface area contributed by atoms with Crippen LogP contribution >= 0.6 is 23.1 Å². The van der Waals surface area contributed by atoms with E-state index in [9.17, 15) is 4.79 Å². The van der Waals surface area contributed by atoms with Crippen LogP contribution in [0.1, 0.15) is 9.67 Å². The van der Waals surface area contributed by atoms with Crippen molar-refractivity contribution in [1.29, 1.82) is 0 Å². The van der Waals surface area contributed by atoms with Crippen LogP contribution in [0, 0.1) is 0 Å². The Hall–Kier alpha value is -2.32. The first kappa shape index (κ1) is 14.6. The van der Waals surface area contributed by atoms with Crippen molar-refractivity contribution in [2.24, 2.45) is 0 Å². The molecule has 4 N–H and O–H groups in total. The fraction of sp³-hybridized carbons (Fsp3) is 0.0714. The Morgan fingerprint density at radius 1 is 1.23 bits per heavy atom. The number of fused-ring (bicyclic) bond motifs is 1. The van der Waals surface area contributed by atoms with Gasteiger partial charge in [0.15, 0.2) is 0 Å². The van der Waals surface area contributed by atoms with E-state index in [4.69, 9.17) is 16.2 Å². The number of aromatic nitrogens is 2. The van der Waals surface area contributed by atoms with Crippen molar-refractivity contribution in [1.82, 2.24) is 9.97 Å². The van der Waals surface area contributed by atoms with Crippen LogP contribution in [0.15, 0.2) is 35.4 Å². The SMILES string of the molecule is CSc1nc(N)nc2sc(C(=O)Oc3ccccc3)c(N)c12. The van der Waals surface area contributed by atoms with Gasteiger partial charge in [0, 0.05) is 0 Å². The van der Waals surface area contributed by atoms with Crippen LogP contribution in [-0.4, -0.2) is 22.2 Å². The largest absolute Gasteiger partial charge is 0.422 e. The molecule has 6 nitrogen and oxygen atoms in total. The number of carbonyl (C=O) groups excluding carboxylic acids is 1. The van der Waals surface area contributed by atoms with Crippen molar-refractivity contribution < 1.29 is 9.53 Å². The van der Waals surface area contributed by atoms with E-state index in [-0.39, 0.29) is 5.95 Å². The highest BCUT2D eigenvalue weighted by Gasteiger charge is 2.22. The number of para-hydroxylation sites is 1. The second kappa shape index (κ2) is 5.82. The molecule has 2 heterocycles. The topological polar surface area (TPSA) is 104 Å². The molecule has 22 heavy (non-hydrogen) atoms. The van der Waals surface area contributed by atoms with Crippen LogP contribution in [0.2, 0.25) is 0 Å². The first-order chi connectivity index (χ1) is 10.6. The molecule has 0 fully saturated rings. The van der Waals surface area contributed by atoms with E-state index >= 15 is 0 Å². The summed E-state index contributed by atoms with van der Waals surface area (Å²) in [4.78, 5) is 21.5. The maximum Gasteiger partial charge on any atom is 0.355 e. The number of thiophene rings is 1. The lowest BCUT2D eigenvalue weighted by Crippen LogP contribution is -2.08. The van der Waals surface area contributed by atoms with Gasteiger partial charge in [-0.2, -0.15) is 0 Å². The zero-order valence-corrected chi connectivity index (χ0v) is 13.2. The van der Waals surface area contributed by atoms with Gasteiger partial charge in [-0.3, -0.25) is 0 Å². The molecule has 112 valence electrons. The Morgan fingerprint density at radius 2 is 1.95 bits per heavy atom. The Labute approximate surface area is 134 Å². The molecule has 0 bridgehead atoms. The van der Waals surface area contributed by atoms with E-state index < -0.39 is 5.97 Å². The van der Waals surface area contributed by atoms with E-state index in [0.717, 1.165) is 11.3 Å². The maximum atomic E-state index is 12.3. The van der Waals surface area contributed by atoms with Crippen molar-refractivity contribution in [2.45, 2.75) is 5.03 Å². The Kier molecular flexibility index (Phi) is 3.86. The Morgan fingerprint density at radius 3 is 2.64 bits per heavy atom. The first-order valence-electron chi connectivity index (χ1n) is 6.27. The number of ether oxygens (including phenoxy) is 1. The lowest BCUT2D eigenvalue weighted by atomic mass is 10.3. The number of benzene rings is 1. The second-order valence-corrected chi connectivity index (χ2v) is 6.11. The molecule has 0 aliphatic carbocycles. The summed E-state index contributed by atoms with van der Waals surface area (Å²) in [7, 11) is 0. The minimum Gasteiger partial charge on any atom is -0.422 e. The number of carbonyl (C=O) groups is 1. The molecule has 8 heteroatoms. The summed E-state index contributed by atoms with van der Waals surface area (Å²) in [5.41, 5.74) is 12.1. The van der Waals surface area contributed by atoms with Crippen molar-refractivity contribution >= 4 is 50.9 Å². The quantitative estimate of drug-likeness (QED) is 0.329. The molecule has 1 aromatic carbocycles. The summed E-state index contributed by atoms with van der Waals surface area (Å²) in [6.07, 6.45) is 1.86. The predicted molar refractivity (Wildman–Crippen MR) is 89.4 cm³/mol. The van der Waals surface area contributed by atoms with Gasteiger partial charge < -0.3 is 16.2 Å². The van der Waals surface area contributed by atoms with Crippen molar-refractivity contribution in [3.63, 3.8) is 0 Å². The summed E-state index contributed by atoms with van der Waals surface area (Å²) in [6.45, 7) is 0. The molecule has 3 rings (SSSR count). The predicted octanol–water partition coefficient (Wildman–Crippen LogP) is 2.80. The highest BCUT2D eigenvalue weighted by molar-refractivity contribution is 7.98. The molecule has 3 aromatic rings. The number of anilines is 2. The normalized spacial score (nSPS) is 10.8. The van der Waals surface area contributed by atoms with E-state index in [1.165, 1.54) is 11.8 Å². The summed E-state index contributed by atoms with van der Waals surface area (Å²) in [5, 5.41) is 1.29. The van der Waals surface area contributed by atoms with Crippen LogP contribution < -0.4 is 16.2 Å². The molecule has 0 saturated heterocycles. The zero-order valence-electron chi connectivity index (χ0n) is 11.6. The lowest BCUT2D eigenvalue weighted by Gasteiger charge is -2.03. The minimum absolute atomic E-state index is 0.154. The highest BCUT2D eigenvalue weighted by atomic mass is 32.2. The van der Waals surface area contributed by atoms with E-state index in [1.54, 1.807) is 24.3 Å². The number of hydrogen-bond acceptors (Lipinski definition) is 8. The van der Waals surface area contributed by atoms with Gasteiger partial charge in [0.1, 0.15) is 20.5 Å². The first-order valence-corrected chi connectivity index (χ1v) is 8.31. The van der Waals surface area contributed by atoms with Gasteiger partial charge in [-0.05, 0) is 18.4 Å². The molecule has 0 aliphatic heterocycles. The van der Waals surface area contributed by atoms with Gasteiger partial charge >= 0.3 is 5.97 Å². The van der Waals surface area contributed by atoms with Crippen LogP contribution in [0.5, 0.6) is 5.75 Å². The van der Waals surface area contributed by atoms with E-state index in [0.29, 0.717) is 31.6 Å². The molecule has 0 unspecified atom stereocenters. The number of nitrogens with two attached hydrogens (primary N) is 2. The maximum absolute atomic E-state index is 12.3. The fourth-order valence-electron chi connectivity index (χ4n) is 1.95. The number of nitrogen functional groups attached to an aromatic ring is 2. The Bertz CT molecular complexity index is 849. The summed E-state index contributed by atoms with van der Waals surface area (Å²) >= 11 is 2.55. The molecule has 0 atom stereocenters. The zero-order chi connectivity index (χ0) is 15.7. The van der Waals surface area contributed by atoms with Crippen molar-refractivity contribution in [3.8, 4) is 5.75 Å². The summed E-state index contributed by atoms with van der Waals surface area (Å²) in [5.74, 6) is 0.0958. The van der Waals surface area contributed by atoms with Crippen LogP contribution in [0.3, 0.4) is 0 Å². The standard InChI is InChI=1S/C14H12N4O2S2/c1-21-11-8-9(15)10(22-12(8)18-14(16)17-11)13(19)20-7-5-3-2-4-6-7/h2-6H,15H2,1H3,(H2,16,17,18). The average Bonchev–Trinajstić information content (AvgIpc) is 2.84. The van der Waals surface area contributed by atoms with Crippen molar-refractivity contribution in [2.75, 3.05) is 17.7 Å². The van der Waals surface area contributed by atoms with Crippen LogP contribution in [0.4, 0.5) is 11.6 Å². The van der Waals surface area contributed by atoms with Crippen molar-refractivity contribution in [3.05, 3.63) is 35.2 Å². The molecular formula is C14H12N4O2S2. The van der Waals surface area contributed by atoms with Crippen LogP contribution in [-0.2, 0) is 0 Å². The number of esters is 1. The molecular weight excluding hydrogens is 320 g/mol. The molecule has 0 aliphatic rings. The smallest absolute Gasteiger partial charge is 0.355 e.